The predicted octanol–water partition coefficient (Wildman–Crippen LogP) is 2.46. The summed E-state index contributed by atoms with van der Waals surface area (Å²) in [5.74, 6) is 0.374. The van der Waals surface area contributed by atoms with E-state index in [0.29, 0.717) is 12.0 Å². The normalized spacial score (nSPS) is 25.3. The van der Waals surface area contributed by atoms with Gasteiger partial charge in [-0.25, -0.2) is 5.43 Å². The van der Waals surface area contributed by atoms with Crippen molar-refractivity contribution in [2.75, 3.05) is 13.1 Å². The Morgan fingerprint density at radius 1 is 1.04 bits per heavy atom. The van der Waals surface area contributed by atoms with Crippen molar-refractivity contribution in [2.45, 2.75) is 37.9 Å². The summed E-state index contributed by atoms with van der Waals surface area (Å²) in [5.41, 5.74) is 15.8. The minimum Gasteiger partial charge on any atom is -0.341 e. The second-order valence-corrected chi connectivity index (χ2v) is 8.29. The molecule has 0 aromatic heterocycles. The van der Waals surface area contributed by atoms with Crippen LogP contribution in [0.2, 0.25) is 0 Å². The fourth-order valence-corrected chi connectivity index (χ4v) is 4.24. The Hall–Kier alpha value is -2.21. The Morgan fingerprint density at radius 3 is 2.37 bits per heavy atom. The number of nitrogens with zero attached hydrogens (tertiary/aromatic N) is 1. The third-order valence-electron chi connectivity index (χ3n) is 5.73. The average molecular weight is 364 g/mol. The average Bonchev–Trinajstić information content (AvgIpc) is 3.10. The third kappa shape index (κ3) is 3.63. The maximum Gasteiger partial charge on any atom is 0.242 e. The Bertz CT molecular complexity index is 797. The molecule has 5 heteroatoms. The van der Waals surface area contributed by atoms with Crippen LogP contribution in [0.3, 0.4) is 0 Å². The van der Waals surface area contributed by atoms with Crippen molar-refractivity contribution in [3.8, 4) is 11.1 Å². The Balaban J connectivity index is 1.52. The molecule has 0 spiro atoms. The predicted molar refractivity (Wildman–Crippen MR) is 108 cm³/mol. The van der Waals surface area contributed by atoms with Gasteiger partial charge >= 0.3 is 0 Å². The van der Waals surface area contributed by atoms with Crippen molar-refractivity contribution < 1.29 is 4.79 Å². The highest BCUT2D eigenvalue weighted by Gasteiger charge is 2.43. The molecule has 2 fully saturated rings. The van der Waals surface area contributed by atoms with Crippen LogP contribution in [0, 0.1) is 5.92 Å². The van der Waals surface area contributed by atoms with Gasteiger partial charge in [-0.15, -0.1) is 0 Å². The highest BCUT2D eigenvalue weighted by Crippen LogP contribution is 2.35. The van der Waals surface area contributed by atoms with Gasteiger partial charge in [0.2, 0.25) is 5.91 Å². The maximum absolute atomic E-state index is 12.6. The molecule has 2 saturated heterocycles. The van der Waals surface area contributed by atoms with E-state index in [2.05, 4.69) is 59.4 Å². The molecule has 0 bridgehead atoms. The van der Waals surface area contributed by atoms with Crippen LogP contribution >= 0.6 is 0 Å². The molecule has 0 saturated carbocycles. The van der Waals surface area contributed by atoms with Crippen molar-refractivity contribution in [1.29, 1.82) is 0 Å². The molecule has 4 N–H and O–H groups in total. The van der Waals surface area contributed by atoms with E-state index in [1.807, 2.05) is 11.0 Å². The minimum atomic E-state index is -0.820. The van der Waals surface area contributed by atoms with E-state index in [4.69, 9.17) is 5.73 Å². The molecule has 27 heavy (non-hydrogen) atoms. The first-order valence-corrected chi connectivity index (χ1v) is 9.68. The van der Waals surface area contributed by atoms with Crippen LogP contribution < -0.4 is 16.6 Å². The molecule has 2 aliphatic heterocycles. The summed E-state index contributed by atoms with van der Waals surface area (Å²) in [7, 11) is 0. The zero-order valence-corrected chi connectivity index (χ0v) is 16.0. The molecule has 142 valence electrons. The summed E-state index contributed by atoms with van der Waals surface area (Å²) in [6.45, 7) is 5.06. The zero-order chi connectivity index (χ0) is 19.0. The molecule has 5 nitrogen and oxygen atoms in total. The van der Waals surface area contributed by atoms with Gasteiger partial charge in [0.25, 0.3) is 0 Å². The number of benzene rings is 2. The van der Waals surface area contributed by atoms with Crippen LogP contribution in [0.5, 0.6) is 0 Å². The van der Waals surface area contributed by atoms with Crippen molar-refractivity contribution >= 4 is 5.91 Å². The molecule has 2 heterocycles. The highest BCUT2D eigenvalue weighted by molar-refractivity contribution is 5.85. The lowest BCUT2D eigenvalue weighted by atomic mass is 9.84. The summed E-state index contributed by atoms with van der Waals surface area (Å²) < 4.78 is 0. The number of hydrazine groups is 1. The Kier molecular flexibility index (Phi) is 4.76. The fourth-order valence-electron chi connectivity index (χ4n) is 4.24. The molecule has 2 aromatic rings. The molecule has 1 amide bonds. The molecule has 2 aliphatic rings. The van der Waals surface area contributed by atoms with Crippen LogP contribution in [-0.4, -0.2) is 35.5 Å². The fraction of sp³-hybridized carbons (Fsp3) is 0.409. The number of hydrogen-bond donors (Lipinski definition) is 3. The smallest absolute Gasteiger partial charge is 0.242 e. The van der Waals surface area contributed by atoms with Crippen LogP contribution in [0.25, 0.3) is 11.1 Å². The van der Waals surface area contributed by atoms with Crippen LogP contribution in [0.4, 0.5) is 0 Å². The van der Waals surface area contributed by atoms with Gasteiger partial charge in [0, 0.05) is 25.0 Å². The first-order chi connectivity index (χ1) is 12.9. The topological polar surface area (TPSA) is 70.4 Å². The minimum absolute atomic E-state index is 0.0334. The number of carbonyl (C=O) groups excluding carboxylic acids is 1. The van der Waals surface area contributed by atoms with Crippen molar-refractivity contribution in [3.63, 3.8) is 0 Å². The maximum atomic E-state index is 12.6. The Morgan fingerprint density at radius 2 is 1.70 bits per heavy atom. The lowest BCUT2D eigenvalue weighted by Crippen LogP contribution is -2.56. The third-order valence-corrected chi connectivity index (χ3v) is 5.73. The molecule has 3 unspecified atom stereocenters. The van der Waals surface area contributed by atoms with E-state index in [0.717, 1.165) is 19.5 Å². The van der Waals surface area contributed by atoms with E-state index < -0.39 is 5.54 Å². The van der Waals surface area contributed by atoms with Gasteiger partial charge in [0.1, 0.15) is 0 Å². The summed E-state index contributed by atoms with van der Waals surface area (Å²) >= 11 is 0. The number of rotatable bonds is 3. The number of piperidine rings is 1. The zero-order valence-electron chi connectivity index (χ0n) is 16.0. The molecular formula is C22H28N4O. The molecule has 0 aliphatic carbocycles. The number of amides is 1. The number of nitrogens with one attached hydrogen (secondary N) is 2. The van der Waals surface area contributed by atoms with Gasteiger partial charge in [-0.1, -0.05) is 54.6 Å². The van der Waals surface area contributed by atoms with E-state index in [9.17, 15) is 4.79 Å². The molecule has 2 aromatic carbocycles. The summed E-state index contributed by atoms with van der Waals surface area (Å²) in [6, 6.07) is 19.7. The summed E-state index contributed by atoms with van der Waals surface area (Å²) in [5, 5.41) is 0. The van der Waals surface area contributed by atoms with Crippen molar-refractivity contribution in [2.24, 2.45) is 11.7 Å². The lowest BCUT2D eigenvalue weighted by Gasteiger charge is -2.38. The number of hydrogen-bond acceptors (Lipinski definition) is 4. The van der Waals surface area contributed by atoms with E-state index in [1.54, 1.807) is 13.8 Å². The van der Waals surface area contributed by atoms with Crippen LogP contribution in [0.1, 0.15) is 31.9 Å². The molecule has 4 rings (SSSR count). The number of likely N-dealkylation sites (tertiary alicyclic amines) is 1. The highest BCUT2D eigenvalue weighted by atomic mass is 16.2. The second kappa shape index (κ2) is 7.08. The number of nitrogens with two attached hydrogens (primary N) is 1. The van der Waals surface area contributed by atoms with Crippen LogP contribution in [0.15, 0.2) is 54.6 Å². The molecule has 3 atom stereocenters. The number of fused-ring (bicyclic) bond motifs is 1. The second-order valence-electron chi connectivity index (χ2n) is 8.29. The summed E-state index contributed by atoms with van der Waals surface area (Å²) in [6.07, 6.45) is 0.943. The monoisotopic (exact) mass is 364 g/mol. The van der Waals surface area contributed by atoms with E-state index in [-0.39, 0.29) is 11.9 Å². The van der Waals surface area contributed by atoms with Gasteiger partial charge in [-0.05, 0) is 37.0 Å². The lowest BCUT2D eigenvalue weighted by molar-refractivity contribution is -0.137. The SMILES string of the molecule is CC(C)(N)C(=O)N1CCC2NNC(c3ccc(-c4ccccc4)cc3)C2C1. The van der Waals surface area contributed by atoms with E-state index >= 15 is 0 Å². The largest absolute Gasteiger partial charge is 0.341 e. The van der Waals surface area contributed by atoms with Gasteiger partial charge in [-0.3, -0.25) is 10.2 Å². The van der Waals surface area contributed by atoms with Crippen molar-refractivity contribution in [3.05, 3.63) is 60.2 Å². The standard InChI is InChI=1S/C22H28N4O/c1-22(2,23)21(27)26-13-12-19-18(14-26)20(25-24-19)17-10-8-16(9-11-17)15-6-4-3-5-7-15/h3-11,18-20,24-25H,12-14,23H2,1-2H3. The van der Waals surface area contributed by atoms with Crippen molar-refractivity contribution in [1.82, 2.24) is 15.8 Å². The first kappa shape index (κ1) is 18.2. The quantitative estimate of drug-likeness (QED) is 0.782. The van der Waals surface area contributed by atoms with Crippen LogP contribution in [-0.2, 0) is 4.79 Å². The number of carbonyl (C=O) groups is 1. The molecular weight excluding hydrogens is 336 g/mol. The Labute approximate surface area is 160 Å². The van der Waals surface area contributed by atoms with E-state index in [1.165, 1.54) is 16.7 Å². The van der Waals surface area contributed by atoms with Gasteiger partial charge in [-0.2, -0.15) is 0 Å². The van der Waals surface area contributed by atoms with Gasteiger partial charge in [0.15, 0.2) is 0 Å². The first-order valence-electron chi connectivity index (χ1n) is 9.68. The van der Waals surface area contributed by atoms with Gasteiger partial charge < -0.3 is 10.6 Å². The summed E-state index contributed by atoms with van der Waals surface area (Å²) in [4.78, 5) is 14.5. The van der Waals surface area contributed by atoms with Gasteiger partial charge in [0.05, 0.1) is 11.6 Å². The molecule has 0 radical (unpaired) electrons.